The van der Waals surface area contributed by atoms with E-state index in [2.05, 4.69) is 114 Å². The van der Waals surface area contributed by atoms with E-state index in [0.29, 0.717) is 13.0 Å². The number of esters is 1. The minimum atomic E-state index is -2.73. The zero-order valence-electron chi connectivity index (χ0n) is 31.6. The maximum atomic E-state index is 11.3. The summed E-state index contributed by atoms with van der Waals surface area (Å²) in [5.41, 5.74) is -1.21. The number of benzene rings is 2. The van der Waals surface area contributed by atoms with Gasteiger partial charge in [0.25, 0.3) is 8.32 Å². The lowest BCUT2D eigenvalue weighted by Gasteiger charge is -2.48. The van der Waals surface area contributed by atoms with Crippen molar-refractivity contribution in [3.05, 3.63) is 60.7 Å². The summed E-state index contributed by atoms with van der Waals surface area (Å²) in [5.74, 6) is 5.03. The van der Waals surface area contributed by atoms with Gasteiger partial charge < -0.3 is 28.8 Å². The van der Waals surface area contributed by atoms with Gasteiger partial charge in [0.2, 0.25) is 5.79 Å². The lowest BCUT2D eigenvalue weighted by Crippen LogP contribution is -2.67. The zero-order valence-corrected chi connectivity index (χ0v) is 32.6. The molecule has 1 heterocycles. The molecule has 0 saturated carbocycles. The third kappa shape index (κ3) is 9.84. The predicted octanol–water partition coefficient (Wildman–Crippen LogP) is 6.48. The minimum absolute atomic E-state index is 0.00910. The van der Waals surface area contributed by atoms with Crippen molar-refractivity contribution in [1.82, 2.24) is 0 Å². The molecule has 1 saturated heterocycles. The van der Waals surface area contributed by atoms with Gasteiger partial charge in [0, 0.05) is 38.9 Å². The van der Waals surface area contributed by atoms with E-state index < -0.39 is 31.8 Å². The predicted molar refractivity (Wildman–Crippen MR) is 199 cm³/mol. The molecular formula is C41H62O7Si. The van der Waals surface area contributed by atoms with Crippen LogP contribution >= 0.6 is 0 Å². The van der Waals surface area contributed by atoms with E-state index in [1.807, 2.05) is 13.8 Å². The Morgan fingerprint density at radius 3 is 2.10 bits per heavy atom. The molecule has 0 radical (unpaired) electrons. The first-order valence-corrected chi connectivity index (χ1v) is 20.0. The van der Waals surface area contributed by atoms with E-state index in [-0.39, 0.29) is 54.3 Å². The van der Waals surface area contributed by atoms with E-state index in [4.69, 9.17) is 18.6 Å². The largest absolute Gasteiger partial charge is 0.463 e. The normalized spacial score (nSPS) is 24.5. The summed E-state index contributed by atoms with van der Waals surface area (Å²) < 4.78 is 25.5. The summed E-state index contributed by atoms with van der Waals surface area (Å²) >= 11 is 0. The van der Waals surface area contributed by atoms with Crippen LogP contribution in [-0.2, 0) is 23.4 Å². The Morgan fingerprint density at radius 2 is 1.63 bits per heavy atom. The maximum Gasteiger partial charge on any atom is 0.302 e. The summed E-state index contributed by atoms with van der Waals surface area (Å²) in [6, 6.07) is 21.4. The van der Waals surface area contributed by atoms with Crippen molar-refractivity contribution in [1.29, 1.82) is 0 Å². The molecule has 2 aromatic carbocycles. The molecule has 8 atom stereocenters. The van der Waals surface area contributed by atoms with Crippen LogP contribution < -0.4 is 10.4 Å². The SMILES string of the molecule is CC[C@@H](CO[Si](c1ccccc1)(c1ccccc1)C(C)(C)C)[C@H]1OC(C#CCC(O)[C@H](C)C[C@](O)(CC)COC(C)=O)(OC)[C@H](C)C[C@@H]1C. The van der Waals surface area contributed by atoms with Crippen molar-refractivity contribution in [2.24, 2.45) is 23.7 Å². The Kier molecular flexibility index (Phi) is 14.7. The van der Waals surface area contributed by atoms with E-state index in [0.717, 1.165) is 12.8 Å². The molecule has 7 nitrogen and oxygen atoms in total. The molecule has 2 unspecified atom stereocenters. The second kappa shape index (κ2) is 17.6. The van der Waals surface area contributed by atoms with Gasteiger partial charge in [0.15, 0.2) is 0 Å². The van der Waals surface area contributed by atoms with Gasteiger partial charge in [0.1, 0.15) is 6.61 Å². The van der Waals surface area contributed by atoms with Crippen LogP contribution in [0.1, 0.15) is 94.4 Å². The van der Waals surface area contributed by atoms with Crippen LogP contribution in [0.3, 0.4) is 0 Å². The standard InChI is InChI=1S/C41H62O7Si/c1-11-34(28-47-49(39(7,8)9,35-20-15-13-16-21-35)36-22-17-14-18-23-36)38-30(3)26-32(5)41(45-10,48-38)25-19-24-37(43)31(4)27-40(44,12-2)29-46-33(6)42/h13-18,20-23,30-32,34,37-38,43-44H,11-12,24,26-29H2,1-10H3/t30-,31+,32+,34-,37?,38-,40+,41?/m0/s1. The summed E-state index contributed by atoms with van der Waals surface area (Å²) in [6.07, 6.45) is 1.71. The highest BCUT2D eigenvalue weighted by Gasteiger charge is 2.52. The van der Waals surface area contributed by atoms with Crippen LogP contribution in [0.25, 0.3) is 0 Å². The van der Waals surface area contributed by atoms with Gasteiger partial charge in [-0.1, -0.05) is 122 Å². The van der Waals surface area contributed by atoms with Gasteiger partial charge in [0.05, 0.1) is 17.8 Å². The van der Waals surface area contributed by atoms with Crippen LogP contribution in [-0.4, -0.2) is 68.4 Å². The lowest BCUT2D eigenvalue weighted by molar-refractivity contribution is -0.281. The molecule has 0 aromatic heterocycles. The van der Waals surface area contributed by atoms with Crippen molar-refractivity contribution >= 4 is 24.7 Å². The van der Waals surface area contributed by atoms with E-state index in [9.17, 15) is 15.0 Å². The first-order chi connectivity index (χ1) is 23.1. The molecule has 0 bridgehead atoms. The number of hydrogen-bond donors (Lipinski definition) is 2. The van der Waals surface area contributed by atoms with Crippen molar-refractivity contribution < 1.29 is 33.6 Å². The van der Waals surface area contributed by atoms with Crippen molar-refractivity contribution in [3.8, 4) is 11.8 Å². The Bertz CT molecular complexity index is 1330. The van der Waals surface area contributed by atoms with Crippen molar-refractivity contribution in [3.63, 3.8) is 0 Å². The number of aliphatic hydroxyl groups is 2. The molecule has 2 aromatic rings. The van der Waals surface area contributed by atoms with Gasteiger partial charge in [-0.05, 0) is 58.9 Å². The highest BCUT2D eigenvalue weighted by Crippen LogP contribution is 2.42. The molecule has 3 rings (SSSR count). The van der Waals surface area contributed by atoms with Gasteiger partial charge in [-0.15, -0.1) is 0 Å². The number of methoxy groups -OCH3 is 1. The van der Waals surface area contributed by atoms with Crippen LogP contribution in [0.4, 0.5) is 0 Å². The number of hydrogen-bond acceptors (Lipinski definition) is 7. The summed E-state index contributed by atoms with van der Waals surface area (Å²) in [6.45, 7) is 18.9. The Balaban J connectivity index is 1.84. The van der Waals surface area contributed by atoms with Crippen molar-refractivity contribution in [2.45, 2.75) is 123 Å². The summed E-state index contributed by atoms with van der Waals surface area (Å²) in [7, 11) is -1.09. The molecule has 2 N–H and O–H groups in total. The van der Waals surface area contributed by atoms with Gasteiger partial charge in [-0.3, -0.25) is 4.79 Å². The average Bonchev–Trinajstić information content (AvgIpc) is 3.07. The molecule has 0 amide bonds. The van der Waals surface area contributed by atoms with Gasteiger partial charge in [-0.2, -0.15) is 0 Å². The Hall–Kier alpha value is -2.51. The van der Waals surface area contributed by atoms with Gasteiger partial charge >= 0.3 is 5.97 Å². The fourth-order valence-electron chi connectivity index (χ4n) is 7.49. The fourth-order valence-corrected chi connectivity index (χ4v) is 12.1. The molecule has 1 aliphatic rings. The van der Waals surface area contributed by atoms with Crippen molar-refractivity contribution in [2.75, 3.05) is 20.3 Å². The molecule has 49 heavy (non-hydrogen) atoms. The fraction of sp³-hybridized carbons (Fsp3) is 0.634. The molecule has 1 aliphatic heterocycles. The molecule has 272 valence electrons. The van der Waals surface area contributed by atoms with E-state index in [1.165, 1.54) is 17.3 Å². The van der Waals surface area contributed by atoms with Crippen LogP contribution in [0, 0.1) is 35.5 Å². The summed E-state index contributed by atoms with van der Waals surface area (Å²) in [4.78, 5) is 11.3. The van der Waals surface area contributed by atoms with Crippen LogP contribution in [0.2, 0.25) is 5.04 Å². The zero-order chi connectivity index (χ0) is 36.5. The highest BCUT2D eigenvalue weighted by molar-refractivity contribution is 6.99. The topological polar surface area (TPSA) is 94.5 Å². The summed E-state index contributed by atoms with van der Waals surface area (Å²) in [5, 5.41) is 24.3. The third-order valence-corrected chi connectivity index (χ3v) is 15.6. The average molecular weight is 695 g/mol. The number of carbonyl (C=O) groups excluding carboxylic acids is 1. The van der Waals surface area contributed by atoms with E-state index in [1.54, 1.807) is 7.11 Å². The minimum Gasteiger partial charge on any atom is -0.463 e. The number of ether oxygens (including phenoxy) is 3. The smallest absolute Gasteiger partial charge is 0.302 e. The Labute approximate surface area is 297 Å². The Morgan fingerprint density at radius 1 is 1.06 bits per heavy atom. The third-order valence-electron chi connectivity index (χ3n) is 10.6. The van der Waals surface area contributed by atoms with Crippen LogP contribution in [0.5, 0.6) is 0 Å². The molecular weight excluding hydrogens is 633 g/mol. The molecule has 8 heteroatoms. The van der Waals surface area contributed by atoms with Gasteiger partial charge in [-0.25, -0.2) is 0 Å². The number of aliphatic hydroxyl groups excluding tert-OH is 1. The first-order valence-electron chi connectivity index (χ1n) is 18.1. The highest BCUT2D eigenvalue weighted by atomic mass is 28.4. The second-order valence-electron chi connectivity index (χ2n) is 15.3. The van der Waals surface area contributed by atoms with E-state index >= 15 is 0 Å². The lowest BCUT2D eigenvalue weighted by atomic mass is 9.79. The monoisotopic (exact) mass is 694 g/mol. The quantitative estimate of drug-likeness (QED) is 0.125. The van der Waals surface area contributed by atoms with Crippen LogP contribution in [0.15, 0.2) is 60.7 Å². The molecule has 0 aliphatic carbocycles. The second-order valence-corrected chi connectivity index (χ2v) is 19.6. The first kappa shape index (κ1) is 40.9. The number of carbonyl (C=O) groups is 1. The molecule has 1 fully saturated rings. The number of rotatable bonds is 15. The maximum absolute atomic E-state index is 11.3. The molecule has 0 spiro atoms.